The fraction of sp³-hybridized carbons (Fsp3) is 0.722. The summed E-state index contributed by atoms with van der Waals surface area (Å²) >= 11 is 0. The Balaban J connectivity index is 1.16. The number of hydrogen-bond acceptors (Lipinski definition) is 4. The average molecular weight is 541 g/mol. The molecule has 4 heteroatoms. The maximum atomic E-state index is 6.96. The van der Waals surface area contributed by atoms with Crippen molar-refractivity contribution in [2.45, 2.75) is 100 Å². The summed E-state index contributed by atoms with van der Waals surface area (Å²) in [6.45, 7) is 2.95. The van der Waals surface area contributed by atoms with Gasteiger partial charge in [-0.1, -0.05) is 18.2 Å². The van der Waals surface area contributed by atoms with Crippen molar-refractivity contribution in [2.24, 2.45) is 35.5 Å². The quantitative estimate of drug-likeness (QED) is 0.329. The molecular formula is C36H44O4. The first kappa shape index (κ1) is 23.7. The van der Waals surface area contributed by atoms with E-state index in [-0.39, 0.29) is 17.6 Å². The fourth-order valence-corrected chi connectivity index (χ4v) is 12.1. The lowest BCUT2D eigenvalue weighted by atomic mass is 9.47. The third-order valence-electron chi connectivity index (χ3n) is 13.0. The van der Waals surface area contributed by atoms with Gasteiger partial charge in [0, 0.05) is 5.56 Å². The molecule has 10 aliphatic rings. The molecule has 2 heterocycles. The molecule has 0 amide bonds. The van der Waals surface area contributed by atoms with Crippen molar-refractivity contribution in [3.63, 3.8) is 0 Å². The summed E-state index contributed by atoms with van der Waals surface area (Å²) in [4.78, 5) is 0. The van der Waals surface area contributed by atoms with Gasteiger partial charge in [0.15, 0.2) is 0 Å². The molecule has 12 rings (SSSR count). The molecule has 2 unspecified atom stereocenters. The predicted octanol–water partition coefficient (Wildman–Crippen LogP) is 7.33. The van der Waals surface area contributed by atoms with Crippen LogP contribution in [0.1, 0.15) is 88.2 Å². The molecule has 0 radical (unpaired) electrons. The molecule has 212 valence electrons. The highest BCUT2D eigenvalue weighted by Crippen LogP contribution is 2.65. The van der Waals surface area contributed by atoms with Crippen LogP contribution in [0.4, 0.5) is 0 Å². The zero-order valence-electron chi connectivity index (χ0n) is 23.9. The number of epoxide rings is 2. The van der Waals surface area contributed by atoms with Crippen molar-refractivity contribution in [1.29, 1.82) is 0 Å². The molecule has 2 atom stereocenters. The third-order valence-corrected chi connectivity index (χ3v) is 13.0. The minimum Gasteiger partial charge on any atom is -0.490 e. The summed E-state index contributed by atoms with van der Waals surface area (Å²) in [7, 11) is 0. The van der Waals surface area contributed by atoms with Gasteiger partial charge >= 0.3 is 0 Å². The van der Waals surface area contributed by atoms with Gasteiger partial charge in [-0.05, 0) is 140 Å². The first-order valence-electron chi connectivity index (χ1n) is 16.7. The lowest BCUT2D eigenvalue weighted by molar-refractivity contribution is -0.00637. The van der Waals surface area contributed by atoms with E-state index in [1.165, 1.54) is 93.4 Å². The SMILES string of the molecule is c1cc2c(C34CC5CC(CC(C5)C3)C4)ccc(OCC3CO3)c2c(OCC2CO2)c1C12CC3CC(CC(C3)C1)C2. The van der Waals surface area contributed by atoms with E-state index in [0.29, 0.717) is 18.6 Å². The predicted molar refractivity (Wildman–Crippen MR) is 154 cm³/mol. The van der Waals surface area contributed by atoms with E-state index in [0.717, 1.165) is 60.2 Å². The van der Waals surface area contributed by atoms with Gasteiger partial charge in [0.1, 0.15) is 36.9 Å². The minimum atomic E-state index is 0.244. The minimum absolute atomic E-state index is 0.244. The summed E-state index contributed by atoms with van der Waals surface area (Å²) < 4.78 is 24.8. The number of benzene rings is 2. The number of ether oxygens (including phenoxy) is 4. The van der Waals surface area contributed by atoms with E-state index in [4.69, 9.17) is 18.9 Å². The van der Waals surface area contributed by atoms with Gasteiger partial charge in [-0.15, -0.1) is 0 Å². The Morgan fingerprint density at radius 2 is 1.02 bits per heavy atom. The average Bonchev–Trinajstić information content (AvgIpc) is 3.84. The van der Waals surface area contributed by atoms with Gasteiger partial charge in [-0.3, -0.25) is 0 Å². The maximum absolute atomic E-state index is 6.96. The van der Waals surface area contributed by atoms with E-state index in [9.17, 15) is 0 Å². The number of fused-ring (bicyclic) bond motifs is 1. The van der Waals surface area contributed by atoms with Crippen molar-refractivity contribution in [1.82, 2.24) is 0 Å². The molecule has 8 saturated carbocycles. The second-order valence-electron chi connectivity index (χ2n) is 15.9. The Morgan fingerprint density at radius 3 is 1.52 bits per heavy atom. The van der Waals surface area contributed by atoms with Crippen LogP contribution in [0.3, 0.4) is 0 Å². The smallest absolute Gasteiger partial charge is 0.134 e. The van der Waals surface area contributed by atoms with Crippen LogP contribution in [-0.4, -0.2) is 38.6 Å². The third kappa shape index (κ3) is 3.70. The molecule has 0 N–H and O–H groups in total. The first-order valence-corrected chi connectivity index (χ1v) is 16.7. The summed E-state index contributed by atoms with van der Waals surface area (Å²) in [6.07, 6.45) is 17.5. The fourth-order valence-electron chi connectivity index (χ4n) is 12.1. The molecule has 10 fully saturated rings. The molecule has 40 heavy (non-hydrogen) atoms. The van der Waals surface area contributed by atoms with Crippen LogP contribution in [0.15, 0.2) is 24.3 Å². The van der Waals surface area contributed by atoms with Crippen molar-refractivity contribution >= 4 is 10.8 Å². The standard InChI is InChI=1S/C36H44O4/c1-2-31(36-14-24-8-25(15-36)10-26(9-24)16-36)34(40-20-28-18-38-28)33-29(1)30(3-4-32(33)39-19-27-17-37-27)35-11-21-5-22(12-35)7-23(6-21)13-35/h1-4,21-28H,5-20H2. The van der Waals surface area contributed by atoms with Gasteiger partial charge in [-0.25, -0.2) is 0 Å². The van der Waals surface area contributed by atoms with E-state index >= 15 is 0 Å². The zero-order chi connectivity index (χ0) is 26.1. The molecule has 2 aromatic carbocycles. The van der Waals surface area contributed by atoms with Crippen LogP contribution in [-0.2, 0) is 20.3 Å². The van der Waals surface area contributed by atoms with Gasteiger partial charge in [0.25, 0.3) is 0 Å². The van der Waals surface area contributed by atoms with Crippen LogP contribution in [0, 0.1) is 35.5 Å². The monoisotopic (exact) mass is 540 g/mol. The Morgan fingerprint density at radius 1 is 0.575 bits per heavy atom. The number of hydrogen-bond donors (Lipinski definition) is 0. The Bertz CT molecular complexity index is 1280. The molecule has 0 spiro atoms. The van der Waals surface area contributed by atoms with Gasteiger partial charge in [-0.2, -0.15) is 0 Å². The lowest BCUT2D eigenvalue weighted by Gasteiger charge is -2.58. The zero-order valence-corrected chi connectivity index (χ0v) is 23.9. The molecule has 2 aromatic rings. The van der Waals surface area contributed by atoms with E-state index in [1.54, 1.807) is 5.56 Å². The summed E-state index contributed by atoms with van der Waals surface area (Å²) in [5.74, 6) is 7.66. The van der Waals surface area contributed by atoms with Gasteiger partial charge < -0.3 is 18.9 Å². The van der Waals surface area contributed by atoms with Gasteiger partial charge in [0.2, 0.25) is 0 Å². The normalized spacial score (nSPS) is 45.3. The number of rotatable bonds is 8. The van der Waals surface area contributed by atoms with Gasteiger partial charge in [0.05, 0.1) is 18.6 Å². The summed E-state index contributed by atoms with van der Waals surface area (Å²) in [5, 5.41) is 2.68. The van der Waals surface area contributed by atoms with Crippen molar-refractivity contribution in [2.75, 3.05) is 26.4 Å². The highest BCUT2D eigenvalue weighted by Gasteiger charge is 2.54. The first-order chi connectivity index (χ1) is 19.6. The van der Waals surface area contributed by atoms with Crippen LogP contribution >= 0.6 is 0 Å². The van der Waals surface area contributed by atoms with E-state index in [2.05, 4.69) is 24.3 Å². The van der Waals surface area contributed by atoms with Crippen molar-refractivity contribution in [3.8, 4) is 11.5 Å². The summed E-state index contributed by atoms with van der Waals surface area (Å²) in [5.41, 5.74) is 3.71. The van der Waals surface area contributed by atoms with Crippen molar-refractivity contribution in [3.05, 3.63) is 35.4 Å². The molecule has 8 bridgehead atoms. The topological polar surface area (TPSA) is 43.5 Å². The Kier molecular flexibility index (Phi) is 4.99. The lowest BCUT2D eigenvalue weighted by Crippen LogP contribution is -2.49. The van der Waals surface area contributed by atoms with Crippen LogP contribution in [0.25, 0.3) is 10.8 Å². The van der Waals surface area contributed by atoms with Crippen molar-refractivity contribution < 1.29 is 18.9 Å². The Labute approximate surface area is 238 Å². The highest BCUT2D eigenvalue weighted by atomic mass is 16.6. The molecule has 4 nitrogen and oxygen atoms in total. The van der Waals surface area contributed by atoms with Crippen LogP contribution in [0.2, 0.25) is 0 Å². The maximum Gasteiger partial charge on any atom is 0.134 e. The molecule has 0 aromatic heterocycles. The second-order valence-corrected chi connectivity index (χ2v) is 15.9. The van der Waals surface area contributed by atoms with E-state index < -0.39 is 0 Å². The molecule has 2 saturated heterocycles. The largest absolute Gasteiger partial charge is 0.490 e. The second kappa shape index (κ2) is 8.40. The van der Waals surface area contributed by atoms with Crippen LogP contribution < -0.4 is 9.47 Å². The van der Waals surface area contributed by atoms with Crippen LogP contribution in [0.5, 0.6) is 11.5 Å². The highest BCUT2D eigenvalue weighted by molar-refractivity contribution is 5.98. The molecule has 8 aliphatic carbocycles. The Hall–Kier alpha value is -1.78. The molecular weight excluding hydrogens is 496 g/mol. The molecule has 2 aliphatic heterocycles. The van der Waals surface area contributed by atoms with E-state index in [1.807, 2.05) is 0 Å². The summed E-state index contributed by atoms with van der Waals surface area (Å²) in [6, 6.07) is 9.85.